The second-order valence-corrected chi connectivity index (χ2v) is 5.72. The molecule has 2 aromatic rings. The molecular formula is C18H20N2O. The van der Waals surface area contributed by atoms with Gasteiger partial charge >= 0.3 is 0 Å². The molecule has 1 saturated heterocycles. The van der Waals surface area contributed by atoms with Crippen LogP contribution < -0.4 is 0 Å². The summed E-state index contributed by atoms with van der Waals surface area (Å²) in [7, 11) is 0. The molecule has 1 amide bonds. The summed E-state index contributed by atoms with van der Waals surface area (Å²) >= 11 is 0. The Kier molecular flexibility index (Phi) is 4.00. The maximum absolute atomic E-state index is 12.6. The molecule has 0 spiro atoms. The quantitative estimate of drug-likeness (QED) is 0.864. The van der Waals surface area contributed by atoms with Gasteiger partial charge in [-0.25, -0.2) is 0 Å². The maximum Gasteiger partial charge on any atom is 0.254 e. The molecule has 3 nitrogen and oxygen atoms in total. The predicted molar refractivity (Wildman–Crippen MR) is 83.2 cm³/mol. The summed E-state index contributed by atoms with van der Waals surface area (Å²) in [4.78, 5) is 18.6. The van der Waals surface area contributed by atoms with Crippen molar-refractivity contribution in [1.82, 2.24) is 9.88 Å². The monoisotopic (exact) mass is 280 g/mol. The smallest absolute Gasteiger partial charge is 0.254 e. The minimum Gasteiger partial charge on any atom is -0.335 e. The molecule has 1 aromatic carbocycles. The molecule has 1 atom stereocenters. The van der Waals surface area contributed by atoms with Crippen LogP contribution in [-0.2, 0) is 6.42 Å². The normalized spacial score (nSPS) is 18.0. The number of pyridine rings is 1. The summed E-state index contributed by atoms with van der Waals surface area (Å²) in [5.74, 6) is 0.131. The Morgan fingerprint density at radius 1 is 1.19 bits per heavy atom. The number of likely N-dealkylation sites (tertiary alicyclic amines) is 1. The van der Waals surface area contributed by atoms with Crippen molar-refractivity contribution >= 4 is 5.91 Å². The van der Waals surface area contributed by atoms with Crippen molar-refractivity contribution in [1.29, 1.82) is 0 Å². The first-order valence-corrected chi connectivity index (χ1v) is 7.50. The van der Waals surface area contributed by atoms with Gasteiger partial charge in [-0.3, -0.25) is 9.78 Å². The molecular weight excluding hydrogens is 260 g/mol. The average Bonchev–Trinajstić information content (AvgIpc) is 2.98. The number of hydrogen-bond donors (Lipinski definition) is 0. The Labute approximate surface area is 125 Å². The molecule has 0 bridgehead atoms. The molecule has 1 unspecified atom stereocenters. The van der Waals surface area contributed by atoms with Crippen LogP contribution in [0.4, 0.5) is 0 Å². The highest BCUT2D eigenvalue weighted by molar-refractivity contribution is 5.94. The second kappa shape index (κ2) is 6.08. The third-order valence-electron chi connectivity index (χ3n) is 4.16. The number of benzene rings is 1. The summed E-state index contributed by atoms with van der Waals surface area (Å²) in [6.45, 7) is 2.95. The van der Waals surface area contributed by atoms with E-state index in [1.165, 1.54) is 11.1 Å². The highest BCUT2D eigenvalue weighted by atomic mass is 16.2. The zero-order chi connectivity index (χ0) is 14.7. The van der Waals surface area contributed by atoms with Crippen molar-refractivity contribution in [3.8, 4) is 0 Å². The molecule has 1 aliphatic heterocycles. The van der Waals surface area contributed by atoms with Crippen LogP contribution in [0.5, 0.6) is 0 Å². The molecule has 3 heteroatoms. The van der Waals surface area contributed by atoms with Gasteiger partial charge in [-0.2, -0.15) is 0 Å². The van der Waals surface area contributed by atoms with Crippen LogP contribution in [0.3, 0.4) is 0 Å². The van der Waals surface area contributed by atoms with E-state index >= 15 is 0 Å². The number of aromatic nitrogens is 1. The molecule has 21 heavy (non-hydrogen) atoms. The van der Waals surface area contributed by atoms with Gasteiger partial charge in [0.2, 0.25) is 0 Å². The van der Waals surface area contributed by atoms with Crippen molar-refractivity contribution in [2.24, 2.45) is 0 Å². The van der Waals surface area contributed by atoms with Gasteiger partial charge < -0.3 is 4.90 Å². The Morgan fingerprint density at radius 3 is 2.62 bits per heavy atom. The highest BCUT2D eigenvalue weighted by Crippen LogP contribution is 2.23. The van der Waals surface area contributed by atoms with Gasteiger partial charge in [0.1, 0.15) is 0 Å². The molecule has 108 valence electrons. The van der Waals surface area contributed by atoms with Crippen LogP contribution in [0.25, 0.3) is 0 Å². The van der Waals surface area contributed by atoms with Crippen molar-refractivity contribution < 1.29 is 4.79 Å². The van der Waals surface area contributed by atoms with Crippen molar-refractivity contribution in [3.05, 3.63) is 65.5 Å². The van der Waals surface area contributed by atoms with Gasteiger partial charge in [0.05, 0.1) is 0 Å². The van der Waals surface area contributed by atoms with E-state index in [1.54, 1.807) is 24.5 Å². The zero-order valence-electron chi connectivity index (χ0n) is 12.3. The molecule has 0 aliphatic carbocycles. The Hall–Kier alpha value is -2.16. The minimum absolute atomic E-state index is 0.131. The van der Waals surface area contributed by atoms with Crippen molar-refractivity contribution in [2.75, 3.05) is 6.54 Å². The third-order valence-corrected chi connectivity index (χ3v) is 4.16. The summed E-state index contributed by atoms with van der Waals surface area (Å²) in [5, 5.41) is 0. The number of amides is 1. The largest absolute Gasteiger partial charge is 0.335 e. The second-order valence-electron chi connectivity index (χ2n) is 5.72. The third kappa shape index (κ3) is 3.13. The van der Waals surface area contributed by atoms with E-state index < -0.39 is 0 Å². The predicted octanol–water partition coefficient (Wildman–Crippen LogP) is 3.24. The van der Waals surface area contributed by atoms with Crippen LogP contribution in [0, 0.1) is 6.92 Å². The van der Waals surface area contributed by atoms with Gasteiger partial charge in [0.25, 0.3) is 5.91 Å². The van der Waals surface area contributed by atoms with Crippen molar-refractivity contribution in [2.45, 2.75) is 32.2 Å². The molecule has 1 aromatic heterocycles. The van der Waals surface area contributed by atoms with Gasteiger partial charge in [-0.05, 0) is 43.9 Å². The fraction of sp³-hybridized carbons (Fsp3) is 0.333. The molecule has 1 aliphatic rings. The summed E-state index contributed by atoms with van der Waals surface area (Å²) in [5.41, 5.74) is 3.32. The first kappa shape index (κ1) is 13.8. The van der Waals surface area contributed by atoms with Gasteiger partial charge in [-0.15, -0.1) is 0 Å². The van der Waals surface area contributed by atoms with Crippen LogP contribution in [-0.4, -0.2) is 28.4 Å². The van der Waals surface area contributed by atoms with Gasteiger partial charge in [0, 0.05) is 30.5 Å². The van der Waals surface area contributed by atoms with E-state index in [4.69, 9.17) is 0 Å². The molecule has 3 rings (SSSR count). The molecule has 0 radical (unpaired) electrons. The van der Waals surface area contributed by atoms with Gasteiger partial charge in [0.15, 0.2) is 0 Å². The van der Waals surface area contributed by atoms with Crippen LogP contribution in [0.2, 0.25) is 0 Å². The molecule has 0 saturated carbocycles. The lowest BCUT2D eigenvalue weighted by molar-refractivity contribution is 0.0736. The Bertz CT molecular complexity index is 607. The number of carbonyl (C=O) groups is 1. The highest BCUT2D eigenvalue weighted by Gasteiger charge is 2.29. The molecule has 0 N–H and O–H groups in total. The van der Waals surface area contributed by atoms with E-state index in [2.05, 4.69) is 36.2 Å². The van der Waals surface area contributed by atoms with E-state index in [0.29, 0.717) is 6.04 Å². The lowest BCUT2D eigenvalue weighted by Gasteiger charge is -2.25. The molecule has 1 fully saturated rings. The van der Waals surface area contributed by atoms with Crippen molar-refractivity contribution in [3.63, 3.8) is 0 Å². The molecule has 2 heterocycles. The standard InChI is InChI=1S/C18H20N2O/c1-14-4-6-15(7-5-14)13-17-3-2-12-20(17)18(21)16-8-10-19-11-9-16/h4-11,17H,2-3,12-13H2,1H3. The van der Waals surface area contributed by atoms with Crippen LogP contribution in [0.1, 0.15) is 34.3 Å². The first-order valence-electron chi connectivity index (χ1n) is 7.50. The fourth-order valence-electron chi connectivity index (χ4n) is 2.97. The first-order chi connectivity index (χ1) is 10.2. The number of rotatable bonds is 3. The van der Waals surface area contributed by atoms with Gasteiger partial charge in [-0.1, -0.05) is 29.8 Å². The number of hydrogen-bond acceptors (Lipinski definition) is 2. The van der Waals surface area contributed by atoms with Crippen LogP contribution >= 0.6 is 0 Å². The lowest BCUT2D eigenvalue weighted by atomic mass is 10.0. The number of nitrogens with zero attached hydrogens (tertiary/aromatic N) is 2. The summed E-state index contributed by atoms with van der Waals surface area (Å²) in [6.07, 6.45) is 6.48. The Balaban J connectivity index is 1.73. The lowest BCUT2D eigenvalue weighted by Crippen LogP contribution is -2.36. The zero-order valence-corrected chi connectivity index (χ0v) is 12.3. The van der Waals surface area contributed by atoms with E-state index in [0.717, 1.165) is 31.4 Å². The van der Waals surface area contributed by atoms with E-state index in [9.17, 15) is 4.79 Å². The topological polar surface area (TPSA) is 33.2 Å². The minimum atomic E-state index is 0.131. The SMILES string of the molecule is Cc1ccc(CC2CCCN2C(=O)c2ccncc2)cc1. The van der Waals surface area contributed by atoms with Crippen LogP contribution in [0.15, 0.2) is 48.8 Å². The fourth-order valence-corrected chi connectivity index (χ4v) is 2.97. The summed E-state index contributed by atoms with van der Waals surface area (Å²) < 4.78 is 0. The maximum atomic E-state index is 12.6. The average molecular weight is 280 g/mol. The number of aryl methyl sites for hydroxylation is 1. The van der Waals surface area contributed by atoms with E-state index in [1.807, 2.05) is 4.90 Å². The summed E-state index contributed by atoms with van der Waals surface area (Å²) in [6, 6.07) is 12.5. The Morgan fingerprint density at radius 2 is 1.90 bits per heavy atom. The van der Waals surface area contributed by atoms with E-state index in [-0.39, 0.29) is 5.91 Å². The number of carbonyl (C=O) groups excluding carboxylic acids is 1.